The van der Waals surface area contributed by atoms with Gasteiger partial charge in [0.15, 0.2) is 5.11 Å². The van der Waals surface area contributed by atoms with Crippen molar-refractivity contribution in [3.05, 3.63) is 72.6 Å². The van der Waals surface area contributed by atoms with E-state index in [2.05, 4.69) is 15.7 Å². The van der Waals surface area contributed by atoms with Gasteiger partial charge in [0.2, 0.25) is 5.91 Å². The van der Waals surface area contributed by atoms with Crippen LogP contribution in [-0.4, -0.2) is 62.4 Å². The predicted molar refractivity (Wildman–Crippen MR) is 134 cm³/mol. The first-order chi connectivity index (χ1) is 17.0. The second-order valence-corrected chi connectivity index (χ2v) is 9.12. The fourth-order valence-corrected chi connectivity index (χ4v) is 5.35. The number of benzene rings is 2. The van der Waals surface area contributed by atoms with Gasteiger partial charge in [-0.2, -0.15) is 5.10 Å². The third kappa shape index (κ3) is 4.36. The van der Waals surface area contributed by atoms with Crippen molar-refractivity contribution < 1.29 is 19.7 Å². The Morgan fingerprint density at radius 2 is 1.91 bits per heavy atom. The fraction of sp³-hybridized carbons (Fsp3) is 0.320. The van der Waals surface area contributed by atoms with Crippen LogP contribution in [0.2, 0.25) is 0 Å². The molecule has 10 heteroatoms. The van der Waals surface area contributed by atoms with Crippen molar-refractivity contribution >= 4 is 28.9 Å². The number of rotatable bonds is 6. The van der Waals surface area contributed by atoms with Crippen molar-refractivity contribution in [1.82, 2.24) is 20.4 Å². The van der Waals surface area contributed by atoms with Gasteiger partial charge in [-0.25, -0.2) is 4.68 Å². The van der Waals surface area contributed by atoms with E-state index in [-0.39, 0.29) is 18.9 Å². The molecule has 0 bridgehead atoms. The summed E-state index contributed by atoms with van der Waals surface area (Å²) in [6.07, 6.45) is 1.58. The normalized spacial score (nSPS) is 25.6. The highest BCUT2D eigenvalue weighted by atomic mass is 32.1. The van der Waals surface area contributed by atoms with E-state index in [1.807, 2.05) is 65.7 Å². The Labute approximate surface area is 208 Å². The van der Waals surface area contributed by atoms with Crippen molar-refractivity contribution in [2.24, 2.45) is 5.92 Å². The number of thiocarbonyl (C=S) groups is 1. The number of aliphatic hydroxyl groups is 2. The van der Waals surface area contributed by atoms with Gasteiger partial charge in [-0.3, -0.25) is 4.79 Å². The van der Waals surface area contributed by atoms with E-state index in [1.165, 1.54) is 0 Å². The molecule has 1 saturated carbocycles. The lowest BCUT2D eigenvalue weighted by Gasteiger charge is -2.41. The van der Waals surface area contributed by atoms with Crippen LogP contribution < -0.4 is 20.3 Å². The SMILES string of the molecule is COc1ccccc1CNC(=O)[C@@H]1C[C@@H](O)[C@H](O)[C@@H]2NC(=S)N(c3ccc(-n4cccn4)cc3)[C@@H]21. The van der Waals surface area contributed by atoms with Crippen LogP contribution in [-0.2, 0) is 11.3 Å². The molecule has 1 saturated heterocycles. The number of nitrogens with one attached hydrogen (secondary N) is 2. The van der Waals surface area contributed by atoms with Gasteiger partial charge in [-0.1, -0.05) is 18.2 Å². The summed E-state index contributed by atoms with van der Waals surface area (Å²) in [5.74, 6) is -0.138. The zero-order valence-electron chi connectivity index (χ0n) is 19.1. The number of carbonyl (C=O) groups is 1. The molecule has 9 nitrogen and oxygen atoms in total. The lowest BCUT2D eigenvalue weighted by Crippen LogP contribution is -2.60. The zero-order chi connectivity index (χ0) is 24.5. The first-order valence-corrected chi connectivity index (χ1v) is 11.8. The van der Waals surface area contributed by atoms with Crippen molar-refractivity contribution in [3.8, 4) is 11.4 Å². The number of methoxy groups -OCH3 is 1. The highest BCUT2D eigenvalue weighted by molar-refractivity contribution is 7.80. The number of carbonyl (C=O) groups excluding carboxylic acids is 1. The molecule has 5 atom stereocenters. The van der Waals surface area contributed by atoms with Gasteiger partial charge in [-0.05, 0) is 55.0 Å². The summed E-state index contributed by atoms with van der Waals surface area (Å²) in [6.45, 7) is 0.284. The molecule has 3 aromatic rings. The number of para-hydroxylation sites is 1. The molecule has 1 aliphatic heterocycles. The molecule has 2 heterocycles. The highest BCUT2D eigenvalue weighted by Gasteiger charge is 2.53. The first-order valence-electron chi connectivity index (χ1n) is 11.4. The molecule has 1 aromatic heterocycles. The summed E-state index contributed by atoms with van der Waals surface area (Å²) in [5.41, 5.74) is 2.53. The Morgan fingerprint density at radius 1 is 1.17 bits per heavy atom. The van der Waals surface area contributed by atoms with Crippen LogP contribution in [0, 0.1) is 5.92 Å². The quantitative estimate of drug-likeness (QED) is 0.381. The molecule has 0 radical (unpaired) electrons. The molecule has 2 aromatic carbocycles. The minimum atomic E-state index is -1.05. The molecule has 5 rings (SSSR count). The lowest BCUT2D eigenvalue weighted by atomic mass is 9.77. The van der Waals surface area contributed by atoms with Gasteiger partial charge < -0.3 is 30.5 Å². The van der Waals surface area contributed by atoms with Crippen molar-refractivity contribution in [1.29, 1.82) is 0 Å². The minimum Gasteiger partial charge on any atom is -0.496 e. The number of aliphatic hydroxyl groups excluding tert-OH is 2. The summed E-state index contributed by atoms with van der Waals surface area (Å²) >= 11 is 5.61. The topological polar surface area (TPSA) is 112 Å². The average Bonchev–Trinajstić information content (AvgIpc) is 3.53. The number of ether oxygens (including phenoxy) is 1. The van der Waals surface area contributed by atoms with Gasteiger partial charge in [0.05, 0.1) is 36.9 Å². The number of hydrogen-bond donors (Lipinski definition) is 4. The molecular formula is C25H27N5O4S. The first kappa shape index (κ1) is 23.3. The number of anilines is 1. The zero-order valence-corrected chi connectivity index (χ0v) is 19.9. The summed E-state index contributed by atoms with van der Waals surface area (Å²) in [6, 6.07) is 15.9. The summed E-state index contributed by atoms with van der Waals surface area (Å²) < 4.78 is 7.14. The smallest absolute Gasteiger partial charge is 0.225 e. The standard InChI is InChI=1S/C25H27N5O4S/c1-34-20-6-3-2-5-15(20)14-26-24(33)18-13-19(31)23(32)21-22(18)30(25(35)28-21)17-9-7-16(8-10-17)29-12-4-11-27-29/h2-12,18-19,21-23,31-32H,13-14H2,1H3,(H,26,33)(H,28,35)/t18-,19-,21-,22-,23+/m1/s1. The van der Waals surface area contributed by atoms with Gasteiger partial charge in [0.1, 0.15) is 11.9 Å². The highest BCUT2D eigenvalue weighted by Crippen LogP contribution is 2.37. The number of hydrogen-bond acceptors (Lipinski definition) is 6. The molecule has 0 unspecified atom stereocenters. The predicted octanol–water partition coefficient (Wildman–Crippen LogP) is 1.37. The van der Waals surface area contributed by atoms with Gasteiger partial charge in [-0.15, -0.1) is 0 Å². The van der Waals surface area contributed by atoms with Gasteiger partial charge in [0.25, 0.3) is 0 Å². The third-order valence-electron chi connectivity index (χ3n) is 6.72. The van der Waals surface area contributed by atoms with Crippen LogP contribution >= 0.6 is 12.2 Å². The lowest BCUT2D eigenvalue weighted by molar-refractivity contribution is -0.131. The maximum Gasteiger partial charge on any atom is 0.225 e. The van der Waals surface area contributed by atoms with Crippen LogP contribution in [0.25, 0.3) is 5.69 Å². The molecule has 182 valence electrons. The molecular weight excluding hydrogens is 466 g/mol. The largest absolute Gasteiger partial charge is 0.496 e. The summed E-state index contributed by atoms with van der Waals surface area (Å²) in [7, 11) is 1.59. The molecule has 4 N–H and O–H groups in total. The van der Waals surface area contributed by atoms with Gasteiger partial charge >= 0.3 is 0 Å². The van der Waals surface area contributed by atoms with E-state index in [0.29, 0.717) is 10.9 Å². The third-order valence-corrected chi connectivity index (χ3v) is 7.04. The van der Waals surface area contributed by atoms with Crippen LogP contribution in [0.1, 0.15) is 12.0 Å². The number of fused-ring (bicyclic) bond motifs is 1. The molecule has 1 aliphatic carbocycles. The van der Waals surface area contributed by atoms with E-state index in [9.17, 15) is 15.0 Å². The fourth-order valence-electron chi connectivity index (χ4n) is 4.99. The Morgan fingerprint density at radius 3 is 2.63 bits per heavy atom. The van der Waals surface area contributed by atoms with Crippen LogP contribution in [0.5, 0.6) is 5.75 Å². The number of amides is 1. The average molecular weight is 494 g/mol. The van der Waals surface area contributed by atoms with Crippen molar-refractivity contribution in [2.45, 2.75) is 37.3 Å². The monoisotopic (exact) mass is 493 g/mol. The Bertz CT molecular complexity index is 1200. The van der Waals surface area contributed by atoms with Crippen molar-refractivity contribution in [2.75, 3.05) is 12.0 Å². The van der Waals surface area contributed by atoms with Crippen molar-refractivity contribution in [3.63, 3.8) is 0 Å². The number of nitrogens with zero attached hydrogens (tertiary/aromatic N) is 3. The van der Waals surface area contributed by atoms with E-state index in [0.717, 1.165) is 16.9 Å². The maximum atomic E-state index is 13.4. The summed E-state index contributed by atoms with van der Waals surface area (Å²) in [4.78, 5) is 15.3. The van der Waals surface area contributed by atoms with E-state index in [4.69, 9.17) is 17.0 Å². The summed E-state index contributed by atoms with van der Waals surface area (Å²) in [5, 5.41) is 32.0. The van der Waals surface area contributed by atoms with Crippen LogP contribution in [0.4, 0.5) is 5.69 Å². The van der Waals surface area contributed by atoms with Crippen LogP contribution in [0.15, 0.2) is 67.0 Å². The molecule has 1 amide bonds. The number of aromatic nitrogens is 2. The van der Waals surface area contributed by atoms with Crippen LogP contribution in [0.3, 0.4) is 0 Å². The molecule has 0 spiro atoms. The molecule has 35 heavy (non-hydrogen) atoms. The molecule has 2 fully saturated rings. The Balaban J connectivity index is 1.40. The minimum absolute atomic E-state index is 0.117. The van der Waals surface area contributed by atoms with Gasteiger partial charge in [0, 0.05) is 30.2 Å². The van der Waals surface area contributed by atoms with E-state index in [1.54, 1.807) is 18.0 Å². The Kier molecular flexibility index (Phi) is 6.42. The Hall–Kier alpha value is -3.47. The molecule has 2 aliphatic rings. The van der Waals surface area contributed by atoms with E-state index < -0.39 is 30.2 Å². The van der Waals surface area contributed by atoms with E-state index >= 15 is 0 Å². The second kappa shape index (κ2) is 9.65. The maximum absolute atomic E-state index is 13.4. The second-order valence-electron chi connectivity index (χ2n) is 8.73.